The molecule has 1 aliphatic heterocycles. The molecule has 1 atom stereocenters. The van der Waals surface area contributed by atoms with E-state index in [2.05, 4.69) is 38.0 Å². The van der Waals surface area contributed by atoms with Gasteiger partial charge in [-0.2, -0.15) is 5.10 Å². The second-order valence-corrected chi connectivity index (χ2v) is 5.85. The molecule has 0 radical (unpaired) electrons. The fourth-order valence-corrected chi connectivity index (χ4v) is 3.06. The summed E-state index contributed by atoms with van der Waals surface area (Å²) in [6.45, 7) is 2.77. The van der Waals surface area contributed by atoms with Gasteiger partial charge in [0.05, 0.1) is 17.9 Å². The molecule has 0 bridgehead atoms. The number of aromatic nitrogens is 6. The normalized spacial score (nSPS) is 17.4. The van der Waals surface area contributed by atoms with Crippen molar-refractivity contribution >= 4 is 12.4 Å². The topological polar surface area (TPSA) is 73.5 Å². The van der Waals surface area contributed by atoms with Crippen molar-refractivity contribution in [1.82, 2.24) is 35.1 Å². The fraction of sp³-hybridized carbons (Fsp3) is 0.375. The van der Waals surface area contributed by atoms with E-state index >= 15 is 0 Å². The Morgan fingerprint density at radius 2 is 2.17 bits per heavy atom. The van der Waals surface area contributed by atoms with Gasteiger partial charge in [0.25, 0.3) is 0 Å². The van der Waals surface area contributed by atoms with Gasteiger partial charge in [-0.1, -0.05) is 23.4 Å². The molecule has 1 N–H and O–H groups in total. The fourth-order valence-electron chi connectivity index (χ4n) is 3.06. The van der Waals surface area contributed by atoms with Crippen molar-refractivity contribution < 1.29 is 0 Å². The van der Waals surface area contributed by atoms with Crippen LogP contribution in [0, 0.1) is 0 Å². The number of nitrogens with zero attached hydrogens (tertiary/aromatic N) is 6. The molecule has 1 unspecified atom stereocenters. The highest BCUT2D eigenvalue weighted by Gasteiger charge is 2.18. The van der Waals surface area contributed by atoms with E-state index in [4.69, 9.17) is 0 Å². The van der Waals surface area contributed by atoms with Gasteiger partial charge in [0.1, 0.15) is 12.7 Å². The first-order valence-corrected chi connectivity index (χ1v) is 7.94. The van der Waals surface area contributed by atoms with Gasteiger partial charge in [0.15, 0.2) is 0 Å². The van der Waals surface area contributed by atoms with Gasteiger partial charge in [-0.05, 0) is 31.0 Å². The molecule has 0 aliphatic carbocycles. The largest absolute Gasteiger partial charge is 0.316 e. The maximum Gasteiger partial charge on any atom is 0.138 e. The first kappa shape index (κ1) is 16.6. The zero-order chi connectivity index (χ0) is 15.5. The highest BCUT2D eigenvalue weighted by molar-refractivity contribution is 5.85. The molecule has 1 aromatic carbocycles. The van der Waals surface area contributed by atoms with Gasteiger partial charge in [-0.3, -0.25) is 0 Å². The summed E-state index contributed by atoms with van der Waals surface area (Å²) < 4.78 is 3.68. The minimum atomic E-state index is 0. The van der Waals surface area contributed by atoms with Crippen LogP contribution in [-0.2, 0) is 6.54 Å². The molecule has 4 rings (SSSR count). The van der Waals surface area contributed by atoms with Gasteiger partial charge in [-0.15, -0.1) is 17.5 Å². The molecular formula is C16H20ClN7. The van der Waals surface area contributed by atoms with E-state index in [-0.39, 0.29) is 12.4 Å². The molecule has 126 valence electrons. The molecule has 7 nitrogen and oxygen atoms in total. The zero-order valence-electron chi connectivity index (χ0n) is 13.2. The van der Waals surface area contributed by atoms with Crippen LogP contribution in [-0.4, -0.2) is 42.8 Å². The lowest BCUT2D eigenvalue weighted by Gasteiger charge is -2.20. The molecule has 0 amide bonds. The Kier molecular flexibility index (Phi) is 5.22. The second kappa shape index (κ2) is 7.55. The van der Waals surface area contributed by atoms with Crippen molar-refractivity contribution in [3.8, 4) is 5.69 Å². The predicted molar refractivity (Wildman–Crippen MR) is 92.6 cm³/mol. The summed E-state index contributed by atoms with van der Waals surface area (Å²) in [5, 5.41) is 16.3. The average molecular weight is 346 g/mol. The maximum absolute atomic E-state index is 4.37. The van der Waals surface area contributed by atoms with Crippen LogP contribution < -0.4 is 5.32 Å². The Morgan fingerprint density at radius 3 is 2.96 bits per heavy atom. The molecule has 0 saturated carbocycles. The summed E-state index contributed by atoms with van der Waals surface area (Å²) in [6.07, 6.45) is 7.70. The van der Waals surface area contributed by atoms with Crippen molar-refractivity contribution in [2.24, 2.45) is 0 Å². The number of benzene rings is 1. The van der Waals surface area contributed by atoms with Crippen molar-refractivity contribution in [2.75, 3.05) is 13.1 Å². The summed E-state index contributed by atoms with van der Waals surface area (Å²) in [5.74, 6) is 0.475. The number of nitrogens with one attached hydrogen (secondary N) is 1. The lowest BCUT2D eigenvalue weighted by atomic mass is 9.97. The van der Waals surface area contributed by atoms with E-state index in [1.54, 1.807) is 17.3 Å². The summed E-state index contributed by atoms with van der Waals surface area (Å²) >= 11 is 0. The van der Waals surface area contributed by atoms with Crippen LogP contribution >= 0.6 is 12.4 Å². The third kappa shape index (κ3) is 3.47. The highest BCUT2D eigenvalue weighted by Crippen LogP contribution is 2.21. The molecule has 24 heavy (non-hydrogen) atoms. The van der Waals surface area contributed by atoms with Crippen LogP contribution in [0.4, 0.5) is 0 Å². The Morgan fingerprint density at radius 1 is 1.25 bits per heavy atom. The summed E-state index contributed by atoms with van der Waals surface area (Å²) in [6, 6.07) is 8.15. The maximum atomic E-state index is 4.37. The Bertz CT molecular complexity index is 762. The summed E-state index contributed by atoms with van der Waals surface area (Å²) in [5.41, 5.74) is 3.23. The quantitative estimate of drug-likeness (QED) is 0.780. The molecule has 0 spiro atoms. The first-order chi connectivity index (χ1) is 11.4. The monoisotopic (exact) mass is 345 g/mol. The number of hydrogen-bond acceptors (Lipinski definition) is 5. The third-order valence-corrected chi connectivity index (χ3v) is 4.26. The van der Waals surface area contributed by atoms with Gasteiger partial charge in [0, 0.05) is 18.7 Å². The number of piperidine rings is 1. The zero-order valence-corrected chi connectivity index (χ0v) is 14.1. The molecule has 1 fully saturated rings. The van der Waals surface area contributed by atoms with Crippen LogP contribution in [0.1, 0.15) is 30.0 Å². The van der Waals surface area contributed by atoms with Crippen molar-refractivity contribution in [1.29, 1.82) is 0 Å². The number of rotatable bonds is 4. The SMILES string of the molecule is Cl.c1ccc(-n2cncn2)c(Cn2cc(C3CCCNC3)nn2)c1. The number of halogens is 1. The standard InChI is InChI=1S/C16H19N7.ClH/c1-2-6-16(23-12-18-11-19-23)14(4-1)9-22-10-15(20-21-22)13-5-3-7-17-8-13;/h1-2,4,6,10-13,17H,3,5,7-9H2;1H. The van der Waals surface area contributed by atoms with Crippen LogP contribution in [0.3, 0.4) is 0 Å². The van der Waals surface area contributed by atoms with Crippen molar-refractivity contribution in [3.63, 3.8) is 0 Å². The Labute approximate surface area is 146 Å². The van der Waals surface area contributed by atoms with E-state index in [0.717, 1.165) is 30.0 Å². The van der Waals surface area contributed by atoms with E-state index in [0.29, 0.717) is 12.5 Å². The molecule has 3 aromatic rings. The molecule has 2 aromatic heterocycles. The molecule has 8 heteroatoms. The molecule has 1 saturated heterocycles. The lowest BCUT2D eigenvalue weighted by Crippen LogP contribution is -2.28. The minimum absolute atomic E-state index is 0. The van der Waals surface area contributed by atoms with Crippen LogP contribution in [0.25, 0.3) is 5.69 Å². The van der Waals surface area contributed by atoms with E-state index in [1.807, 2.05) is 22.9 Å². The average Bonchev–Trinajstić information content (AvgIpc) is 3.28. The van der Waals surface area contributed by atoms with Gasteiger partial charge in [0.2, 0.25) is 0 Å². The van der Waals surface area contributed by atoms with Crippen LogP contribution in [0.15, 0.2) is 43.1 Å². The number of para-hydroxylation sites is 1. The van der Waals surface area contributed by atoms with Gasteiger partial charge < -0.3 is 5.32 Å². The van der Waals surface area contributed by atoms with E-state index in [9.17, 15) is 0 Å². The van der Waals surface area contributed by atoms with E-state index in [1.165, 1.54) is 12.8 Å². The summed E-state index contributed by atoms with van der Waals surface area (Å²) in [4.78, 5) is 4.02. The number of hydrogen-bond donors (Lipinski definition) is 1. The predicted octanol–water partition coefficient (Wildman–Crippen LogP) is 1.80. The van der Waals surface area contributed by atoms with Gasteiger partial charge >= 0.3 is 0 Å². The lowest BCUT2D eigenvalue weighted by molar-refractivity contribution is 0.454. The minimum Gasteiger partial charge on any atom is -0.316 e. The van der Waals surface area contributed by atoms with E-state index < -0.39 is 0 Å². The van der Waals surface area contributed by atoms with Crippen molar-refractivity contribution in [3.05, 3.63) is 54.4 Å². The van der Waals surface area contributed by atoms with Gasteiger partial charge in [-0.25, -0.2) is 14.3 Å². The first-order valence-electron chi connectivity index (χ1n) is 7.94. The smallest absolute Gasteiger partial charge is 0.138 e. The summed E-state index contributed by atoms with van der Waals surface area (Å²) in [7, 11) is 0. The second-order valence-electron chi connectivity index (χ2n) is 5.85. The molecule has 3 heterocycles. The van der Waals surface area contributed by atoms with Crippen LogP contribution in [0.2, 0.25) is 0 Å². The molecule has 1 aliphatic rings. The van der Waals surface area contributed by atoms with Crippen LogP contribution in [0.5, 0.6) is 0 Å². The third-order valence-electron chi connectivity index (χ3n) is 4.26. The molecular weight excluding hydrogens is 326 g/mol. The Hall–Kier alpha value is -2.25. The highest BCUT2D eigenvalue weighted by atomic mass is 35.5. The Balaban J connectivity index is 0.00000169. The van der Waals surface area contributed by atoms with Crippen molar-refractivity contribution in [2.45, 2.75) is 25.3 Å².